The van der Waals surface area contributed by atoms with Crippen LogP contribution in [-0.2, 0) is 11.3 Å². The minimum absolute atomic E-state index is 0.0890. The highest BCUT2D eigenvalue weighted by molar-refractivity contribution is 14.1. The lowest BCUT2D eigenvalue weighted by atomic mass is 9.82. The van der Waals surface area contributed by atoms with Gasteiger partial charge in [0.25, 0.3) is 5.91 Å². The molecule has 0 aromatic heterocycles. The van der Waals surface area contributed by atoms with E-state index >= 15 is 0 Å². The summed E-state index contributed by atoms with van der Waals surface area (Å²) in [6.07, 6.45) is 5.27. The van der Waals surface area contributed by atoms with E-state index in [9.17, 15) is 9.59 Å². The Balaban J connectivity index is 1.71. The Bertz CT molecular complexity index is 1070. The van der Waals surface area contributed by atoms with Gasteiger partial charge in [0.2, 0.25) is 5.91 Å². The molecule has 0 saturated heterocycles. The summed E-state index contributed by atoms with van der Waals surface area (Å²) in [5.74, 6) is -0.0921. The summed E-state index contributed by atoms with van der Waals surface area (Å²) in [4.78, 5) is 29.5. The predicted molar refractivity (Wildman–Crippen MR) is 141 cm³/mol. The van der Waals surface area contributed by atoms with Gasteiger partial charge in [-0.15, -0.1) is 0 Å². The third-order valence-electron chi connectivity index (χ3n) is 6.31. The number of carbonyl (C=O) groups is 2. The average molecular weight is 552 g/mol. The van der Waals surface area contributed by atoms with Crippen LogP contribution in [0.2, 0.25) is 0 Å². The minimum Gasteiger partial charge on any atom is -0.350 e. The zero-order valence-corrected chi connectivity index (χ0v) is 20.8. The van der Waals surface area contributed by atoms with Crippen molar-refractivity contribution in [2.24, 2.45) is 5.92 Å². The van der Waals surface area contributed by atoms with Crippen molar-refractivity contribution >= 4 is 40.1 Å². The Hall–Kier alpha value is -2.67. The normalized spacial score (nSPS) is 14.9. The van der Waals surface area contributed by atoms with Crippen LogP contribution in [0.15, 0.2) is 84.9 Å². The van der Waals surface area contributed by atoms with Crippen LogP contribution in [0.25, 0.3) is 0 Å². The van der Waals surface area contributed by atoms with Crippen molar-refractivity contribution in [2.75, 3.05) is 4.90 Å². The fourth-order valence-electron chi connectivity index (χ4n) is 4.64. The first-order valence-electron chi connectivity index (χ1n) is 11.6. The average Bonchev–Trinajstić information content (AvgIpc) is 2.87. The maximum absolute atomic E-state index is 14.0. The number of amides is 2. The third kappa shape index (κ3) is 5.82. The molecule has 170 valence electrons. The molecule has 0 heterocycles. The van der Waals surface area contributed by atoms with Crippen molar-refractivity contribution in [3.63, 3.8) is 0 Å². The molecule has 0 bridgehead atoms. The first kappa shape index (κ1) is 23.5. The van der Waals surface area contributed by atoms with Gasteiger partial charge in [-0.2, -0.15) is 0 Å². The topological polar surface area (TPSA) is 49.4 Å². The summed E-state index contributed by atoms with van der Waals surface area (Å²) in [6.45, 7) is 0.447. The standard InChI is InChI=1S/C28H29IN2O2/c29-25-19-11-10-18-24(25)28(33)31(23-16-8-3-9-17-23)26(22-14-6-2-7-15-22)27(32)30-20-21-12-4-1-5-13-21/h1,3-5,8-13,16-19,22,26H,2,6-7,14-15,20H2,(H,30,32). The lowest BCUT2D eigenvalue weighted by molar-refractivity contribution is -0.124. The molecule has 0 radical (unpaired) electrons. The number of benzene rings is 3. The molecule has 5 heteroatoms. The number of halogens is 1. The number of anilines is 1. The monoisotopic (exact) mass is 552 g/mol. The highest BCUT2D eigenvalue weighted by atomic mass is 127. The predicted octanol–water partition coefficient (Wildman–Crippen LogP) is 6.20. The van der Waals surface area contributed by atoms with Gasteiger partial charge >= 0.3 is 0 Å². The molecule has 4 nitrogen and oxygen atoms in total. The van der Waals surface area contributed by atoms with Gasteiger partial charge < -0.3 is 5.32 Å². The van der Waals surface area contributed by atoms with Gasteiger partial charge in [-0.1, -0.05) is 79.9 Å². The van der Waals surface area contributed by atoms with E-state index in [2.05, 4.69) is 27.9 Å². The molecule has 33 heavy (non-hydrogen) atoms. The number of nitrogens with one attached hydrogen (secondary N) is 1. The van der Waals surface area contributed by atoms with E-state index in [-0.39, 0.29) is 17.7 Å². The maximum atomic E-state index is 14.0. The molecule has 3 aromatic carbocycles. The molecule has 1 aliphatic carbocycles. The second-order valence-electron chi connectivity index (χ2n) is 8.54. The number of hydrogen-bond acceptors (Lipinski definition) is 2. The molecule has 1 N–H and O–H groups in total. The Labute approximate surface area is 209 Å². The molecule has 1 saturated carbocycles. The SMILES string of the molecule is O=C(NCc1ccccc1)C(C1CCCCC1)N(C(=O)c1ccccc1I)c1ccccc1. The van der Waals surface area contributed by atoms with Crippen molar-refractivity contribution in [2.45, 2.75) is 44.7 Å². The molecule has 0 aliphatic heterocycles. The number of nitrogens with zero attached hydrogens (tertiary/aromatic N) is 1. The van der Waals surface area contributed by atoms with Crippen LogP contribution in [0.1, 0.15) is 48.0 Å². The zero-order chi connectivity index (χ0) is 23.0. The van der Waals surface area contributed by atoms with E-state index in [4.69, 9.17) is 0 Å². The molecular formula is C28H29IN2O2. The van der Waals surface area contributed by atoms with Crippen LogP contribution in [-0.4, -0.2) is 17.9 Å². The number of carbonyl (C=O) groups excluding carboxylic acids is 2. The molecule has 0 spiro atoms. The van der Waals surface area contributed by atoms with Gasteiger partial charge in [-0.3, -0.25) is 14.5 Å². The van der Waals surface area contributed by atoms with Gasteiger partial charge in [0.1, 0.15) is 6.04 Å². The van der Waals surface area contributed by atoms with Crippen molar-refractivity contribution in [3.8, 4) is 0 Å². The van der Waals surface area contributed by atoms with Gasteiger partial charge in [0, 0.05) is 15.8 Å². The van der Waals surface area contributed by atoms with Crippen LogP contribution in [0, 0.1) is 9.49 Å². The van der Waals surface area contributed by atoms with Crippen molar-refractivity contribution in [3.05, 3.63) is 99.6 Å². The first-order chi connectivity index (χ1) is 16.1. The van der Waals surface area contributed by atoms with E-state index < -0.39 is 6.04 Å². The summed E-state index contributed by atoms with van der Waals surface area (Å²) in [5, 5.41) is 3.13. The summed E-state index contributed by atoms with van der Waals surface area (Å²) in [5.41, 5.74) is 2.43. The molecule has 4 rings (SSSR count). The number of para-hydroxylation sites is 1. The van der Waals surface area contributed by atoms with Crippen LogP contribution in [0.4, 0.5) is 5.69 Å². The quantitative estimate of drug-likeness (QED) is 0.355. The summed E-state index contributed by atoms with van der Waals surface area (Å²) in [6, 6.07) is 26.6. The van der Waals surface area contributed by atoms with Gasteiger partial charge in [-0.05, 0) is 71.2 Å². The maximum Gasteiger partial charge on any atom is 0.260 e. The lowest BCUT2D eigenvalue weighted by Gasteiger charge is -2.38. The summed E-state index contributed by atoms with van der Waals surface area (Å²) in [7, 11) is 0. The Morgan fingerprint density at radius 1 is 0.848 bits per heavy atom. The Morgan fingerprint density at radius 2 is 1.45 bits per heavy atom. The van der Waals surface area contributed by atoms with Gasteiger partial charge in [-0.25, -0.2) is 0 Å². The second-order valence-corrected chi connectivity index (χ2v) is 9.70. The van der Waals surface area contributed by atoms with E-state index in [0.717, 1.165) is 40.5 Å². The van der Waals surface area contributed by atoms with Crippen LogP contribution < -0.4 is 10.2 Å². The van der Waals surface area contributed by atoms with Crippen LogP contribution >= 0.6 is 22.6 Å². The van der Waals surface area contributed by atoms with Gasteiger partial charge in [0.15, 0.2) is 0 Å². The van der Waals surface area contributed by atoms with E-state index in [1.165, 1.54) is 6.42 Å². The summed E-state index contributed by atoms with van der Waals surface area (Å²) >= 11 is 2.20. The molecule has 1 aliphatic rings. The fraction of sp³-hybridized carbons (Fsp3) is 0.286. The van der Waals surface area contributed by atoms with Crippen LogP contribution in [0.3, 0.4) is 0 Å². The molecule has 1 atom stereocenters. The molecular weight excluding hydrogens is 523 g/mol. The largest absolute Gasteiger partial charge is 0.350 e. The second kappa shape index (κ2) is 11.5. The Morgan fingerprint density at radius 3 is 2.12 bits per heavy atom. The Kier molecular flexibility index (Phi) is 8.15. The molecule has 2 amide bonds. The van der Waals surface area contributed by atoms with E-state index in [1.807, 2.05) is 84.9 Å². The number of rotatable bonds is 7. The highest BCUT2D eigenvalue weighted by Crippen LogP contribution is 2.33. The first-order valence-corrected chi connectivity index (χ1v) is 12.7. The van der Waals surface area contributed by atoms with Gasteiger partial charge in [0.05, 0.1) is 5.56 Å². The fourth-order valence-corrected chi connectivity index (χ4v) is 5.26. The number of hydrogen-bond donors (Lipinski definition) is 1. The molecule has 3 aromatic rings. The highest BCUT2D eigenvalue weighted by Gasteiger charge is 2.38. The lowest BCUT2D eigenvalue weighted by Crippen LogP contribution is -2.54. The van der Waals surface area contributed by atoms with Crippen molar-refractivity contribution < 1.29 is 9.59 Å². The summed E-state index contributed by atoms with van der Waals surface area (Å²) < 4.78 is 0.883. The smallest absolute Gasteiger partial charge is 0.260 e. The zero-order valence-electron chi connectivity index (χ0n) is 18.6. The van der Waals surface area contributed by atoms with E-state index in [0.29, 0.717) is 12.1 Å². The van der Waals surface area contributed by atoms with E-state index in [1.54, 1.807) is 4.90 Å². The third-order valence-corrected chi connectivity index (χ3v) is 7.25. The minimum atomic E-state index is -0.556. The van der Waals surface area contributed by atoms with Crippen molar-refractivity contribution in [1.29, 1.82) is 0 Å². The molecule has 1 unspecified atom stereocenters. The molecule has 1 fully saturated rings. The van der Waals surface area contributed by atoms with Crippen LogP contribution in [0.5, 0.6) is 0 Å². The van der Waals surface area contributed by atoms with Crippen molar-refractivity contribution in [1.82, 2.24) is 5.32 Å².